The molecule has 3 aromatic heterocycles. The zero-order valence-corrected chi connectivity index (χ0v) is 15.5. The summed E-state index contributed by atoms with van der Waals surface area (Å²) in [5, 5.41) is 4.20. The van der Waals surface area contributed by atoms with E-state index >= 15 is 0 Å². The van der Waals surface area contributed by atoms with Gasteiger partial charge in [-0.25, -0.2) is 9.97 Å². The smallest absolute Gasteiger partial charge is 0.482 e. The van der Waals surface area contributed by atoms with E-state index in [4.69, 9.17) is 9.15 Å². The summed E-state index contributed by atoms with van der Waals surface area (Å²) < 4.78 is 52.5. The number of halogens is 3. The van der Waals surface area contributed by atoms with Crippen LogP contribution in [0.1, 0.15) is 28.8 Å². The van der Waals surface area contributed by atoms with Gasteiger partial charge in [0.2, 0.25) is 11.8 Å². The van der Waals surface area contributed by atoms with E-state index in [1.165, 1.54) is 12.3 Å². The van der Waals surface area contributed by atoms with Gasteiger partial charge in [-0.2, -0.15) is 5.10 Å². The maximum Gasteiger partial charge on any atom is 0.574 e. The molecule has 1 aliphatic heterocycles. The fourth-order valence-corrected chi connectivity index (χ4v) is 3.05. The lowest BCUT2D eigenvalue weighted by molar-refractivity contribution is -0.276. The third-order valence-electron chi connectivity index (χ3n) is 4.41. The molecule has 3 aromatic rings. The SMILES string of the molecule is O=C(c1coc(COc2ccc(OC(F)(F)F)nc2)n1)N1CCC(n2cccn2)C1. The molecule has 12 heteroatoms. The second-order valence-electron chi connectivity index (χ2n) is 6.47. The fraction of sp³-hybridized carbons (Fsp3) is 0.333. The van der Waals surface area contributed by atoms with Crippen molar-refractivity contribution in [3.63, 3.8) is 0 Å². The van der Waals surface area contributed by atoms with Crippen molar-refractivity contribution in [2.45, 2.75) is 25.4 Å². The van der Waals surface area contributed by atoms with Gasteiger partial charge in [-0.15, -0.1) is 13.2 Å². The van der Waals surface area contributed by atoms with Gasteiger partial charge in [0.15, 0.2) is 12.3 Å². The second kappa shape index (κ2) is 8.05. The Balaban J connectivity index is 1.30. The monoisotopic (exact) mass is 423 g/mol. The number of hydrogen-bond donors (Lipinski definition) is 0. The molecule has 1 unspecified atom stereocenters. The summed E-state index contributed by atoms with van der Waals surface area (Å²) in [6.45, 7) is 0.988. The quantitative estimate of drug-likeness (QED) is 0.602. The van der Waals surface area contributed by atoms with Crippen molar-refractivity contribution >= 4 is 5.91 Å². The number of carbonyl (C=O) groups is 1. The minimum absolute atomic E-state index is 0.121. The van der Waals surface area contributed by atoms with Crippen LogP contribution in [0.25, 0.3) is 0 Å². The molecule has 0 bridgehead atoms. The first kappa shape index (κ1) is 19.7. The molecule has 0 N–H and O–H groups in total. The molecule has 1 fully saturated rings. The molecule has 0 spiro atoms. The Hall–Kier alpha value is -3.57. The van der Waals surface area contributed by atoms with Crippen molar-refractivity contribution in [3.8, 4) is 11.6 Å². The minimum Gasteiger partial charge on any atom is -0.482 e. The largest absolute Gasteiger partial charge is 0.574 e. The highest BCUT2D eigenvalue weighted by Gasteiger charge is 2.32. The number of pyridine rings is 1. The van der Waals surface area contributed by atoms with Crippen molar-refractivity contribution < 1.29 is 31.9 Å². The van der Waals surface area contributed by atoms with Gasteiger partial charge in [-0.3, -0.25) is 9.48 Å². The highest BCUT2D eigenvalue weighted by Crippen LogP contribution is 2.24. The molecule has 1 aliphatic rings. The molecule has 158 valence electrons. The van der Waals surface area contributed by atoms with Crippen molar-refractivity contribution in [2.24, 2.45) is 0 Å². The number of rotatable bonds is 6. The molecule has 1 atom stereocenters. The first-order valence-corrected chi connectivity index (χ1v) is 8.95. The van der Waals surface area contributed by atoms with Crippen LogP contribution < -0.4 is 9.47 Å². The summed E-state index contributed by atoms with van der Waals surface area (Å²) in [6.07, 6.45) is 1.87. The number of carbonyl (C=O) groups excluding carboxylic acids is 1. The maximum atomic E-state index is 12.6. The van der Waals surface area contributed by atoms with E-state index in [0.717, 1.165) is 18.7 Å². The van der Waals surface area contributed by atoms with Crippen LogP contribution in [-0.4, -0.2) is 50.0 Å². The average molecular weight is 423 g/mol. The van der Waals surface area contributed by atoms with Gasteiger partial charge in [0.1, 0.15) is 12.0 Å². The Morgan fingerprint density at radius 2 is 2.20 bits per heavy atom. The Bertz CT molecular complexity index is 988. The molecule has 1 amide bonds. The zero-order chi connectivity index (χ0) is 21.1. The van der Waals surface area contributed by atoms with Crippen molar-refractivity contribution in [2.75, 3.05) is 13.1 Å². The Morgan fingerprint density at radius 1 is 1.33 bits per heavy atom. The van der Waals surface area contributed by atoms with Crippen molar-refractivity contribution in [3.05, 3.63) is 54.6 Å². The number of oxazole rings is 1. The van der Waals surface area contributed by atoms with Crippen molar-refractivity contribution in [1.29, 1.82) is 0 Å². The van der Waals surface area contributed by atoms with Gasteiger partial charge in [0.25, 0.3) is 5.91 Å². The van der Waals surface area contributed by atoms with Crippen LogP contribution in [0.3, 0.4) is 0 Å². The third-order valence-corrected chi connectivity index (χ3v) is 4.41. The number of aromatic nitrogens is 4. The zero-order valence-electron chi connectivity index (χ0n) is 15.5. The highest BCUT2D eigenvalue weighted by atomic mass is 19.4. The van der Waals surface area contributed by atoms with E-state index in [9.17, 15) is 18.0 Å². The van der Waals surface area contributed by atoms with Gasteiger partial charge in [0, 0.05) is 31.5 Å². The summed E-state index contributed by atoms with van der Waals surface area (Å²) in [4.78, 5) is 21.9. The van der Waals surface area contributed by atoms with Crippen LogP contribution in [0.5, 0.6) is 11.6 Å². The van der Waals surface area contributed by atoms with E-state index < -0.39 is 12.2 Å². The summed E-state index contributed by atoms with van der Waals surface area (Å²) in [7, 11) is 0. The van der Waals surface area contributed by atoms with Gasteiger partial charge >= 0.3 is 6.36 Å². The molecular weight excluding hydrogens is 407 g/mol. The van der Waals surface area contributed by atoms with Crippen LogP contribution in [0.2, 0.25) is 0 Å². The standard InChI is InChI=1S/C18H16F3N5O4/c19-18(20,21)30-15-3-2-13(8-22-15)28-11-16-24-14(10-29-16)17(27)25-7-4-12(9-25)26-6-1-5-23-26/h1-3,5-6,8,10,12H,4,7,9,11H2. The Kier molecular flexibility index (Phi) is 5.29. The summed E-state index contributed by atoms with van der Waals surface area (Å²) in [5.41, 5.74) is 0.154. The van der Waals surface area contributed by atoms with Crippen molar-refractivity contribution in [1.82, 2.24) is 24.6 Å². The minimum atomic E-state index is -4.82. The lowest BCUT2D eigenvalue weighted by Gasteiger charge is -2.15. The molecule has 0 radical (unpaired) electrons. The highest BCUT2D eigenvalue weighted by molar-refractivity contribution is 5.92. The summed E-state index contributed by atoms with van der Waals surface area (Å²) >= 11 is 0. The summed E-state index contributed by atoms with van der Waals surface area (Å²) in [6, 6.07) is 4.25. The number of hydrogen-bond acceptors (Lipinski definition) is 7. The lowest BCUT2D eigenvalue weighted by atomic mass is 10.3. The van der Waals surface area contributed by atoms with Gasteiger partial charge in [-0.1, -0.05) is 0 Å². The van der Waals surface area contributed by atoms with E-state index in [1.807, 2.05) is 16.9 Å². The molecule has 0 saturated carbocycles. The maximum absolute atomic E-state index is 12.6. The number of likely N-dealkylation sites (tertiary alicyclic amines) is 1. The van der Waals surface area contributed by atoms with E-state index in [-0.39, 0.29) is 35.9 Å². The fourth-order valence-electron chi connectivity index (χ4n) is 3.05. The van der Waals surface area contributed by atoms with Gasteiger partial charge in [-0.05, 0) is 18.6 Å². The molecular formula is C18H16F3N5O4. The Labute approximate surface area is 168 Å². The predicted molar refractivity (Wildman–Crippen MR) is 93.5 cm³/mol. The third kappa shape index (κ3) is 4.70. The molecule has 0 aliphatic carbocycles. The van der Waals surface area contributed by atoms with Crippen LogP contribution >= 0.6 is 0 Å². The van der Waals surface area contributed by atoms with Crippen LogP contribution in [0.15, 0.2) is 47.5 Å². The van der Waals surface area contributed by atoms with E-state index in [2.05, 4.69) is 19.8 Å². The molecule has 30 heavy (non-hydrogen) atoms. The number of amides is 1. The number of alkyl halides is 3. The topological polar surface area (TPSA) is 95.5 Å². The second-order valence-corrected chi connectivity index (χ2v) is 6.47. The van der Waals surface area contributed by atoms with Gasteiger partial charge < -0.3 is 18.8 Å². The van der Waals surface area contributed by atoms with E-state index in [0.29, 0.717) is 13.1 Å². The van der Waals surface area contributed by atoms with Crippen LogP contribution in [-0.2, 0) is 6.61 Å². The molecule has 1 saturated heterocycles. The van der Waals surface area contributed by atoms with E-state index in [1.54, 1.807) is 11.1 Å². The number of nitrogens with zero attached hydrogens (tertiary/aromatic N) is 5. The van der Waals surface area contributed by atoms with Gasteiger partial charge in [0.05, 0.1) is 12.2 Å². The predicted octanol–water partition coefficient (Wildman–Crippen LogP) is 2.83. The molecule has 0 aromatic carbocycles. The average Bonchev–Trinajstić information content (AvgIpc) is 3.47. The van der Waals surface area contributed by atoms with Crippen LogP contribution in [0.4, 0.5) is 13.2 Å². The lowest BCUT2D eigenvalue weighted by Crippen LogP contribution is -2.29. The first-order chi connectivity index (χ1) is 14.4. The normalized spacial score (nSPS) is 16.6. The molecule has 4 heterocycles. The molecule has 9 nitrogen and oxygen atoms in total. The molecule has 4 rings (SSSR count). The number of ether oxygens (including phenoxy) is 2. The first-order valence-electron chi connectivity index (χ1n) is 8.95. The Morgan fingerprint density at radius 3 is 2.90 bits per heavy atom. The van der Waals surface area contributed by atoms with Crippen LogP contribution in [0, 0.1) is 0 Å². The summed E-state index contributed by atoms with van der Waals surface area (Å²) in [5.74, 6) is -0.512.